The molecule has 128 valence electrons. The van der Waals surface area contributed by atoms with Gasteiger partial charge in [0.25, 0.3) is 0 Å². The maximum absolute atomic E-state index is 13.1. The van der Waals surface area contributed by atoms with Crippen LogP contribution in [0.4, 0.5) is 4.39 Å². The summed E-state index contributed by atoms with van der Waals surface area (Å²) in [5, 5.41) is 10.5. The number of carbonyl (C=O) groups excluding carboxylic acids is 1. The molecule has 1 aliphatic rings. The van der Waals surface area contributed by atoms with Crippen molar-refractivity contribution in [3.8, 4) is 0 Å². The van der Waals surface area contributed by atoms with E-state index < -0.39 is 0 Å². The van der Waals surface area contributed by atoms with E-state index in [0.29, 0.717) is 19.5 Å². The van der Waals surface area contributed by atoms with Crippen LogP contribution in [0.15, 0.2) is 30.6 Å². The van der Waals surface area contributed by atoms with Crippen molar-refractivity contribution in [2.45, 2.75) is 19.3 Å². The van der Waals surface area contributed by atoms with Gasteiger partial charge in [0.1, 0.15) is 5.82 Å². The van der Waals surface area contributed by atoms with E-state index in [-0.39, 0.29) is 23.6 Å². The molecule has 1 fully saturated rings. The van der Waals surface area contributed by atoms with E-state index in [9.17, 15) is 9.18 Å². The van der Waals surface area contributed by atoms with E-state index in [2.05, 4.69) is 15.7 Å². The minimum absolute atomic E-state index is 0.0635. The fraction of sp³-hybridized carbons (Fsp3) is 0.444. The highest BCUT2D eigenvalue weighted by Crippen LogP contribution is 2.27. The Bertz CT molecular complexity index is 728. The molecule has 1 saturated heterocycles. The van der Waals surface area contributed by atoms with Crippen LogP contribution in [-0.4, -0.2) is 35.3 Å². The van der Waals surface area contributed by atoms with Crippen molar-refractivity contribution in [2.24, 2.45) is 13.0 Å². The SMILES string of the molecule is Cc1cc(F)ccc1CCNC(=O)[C@H]1CNC[C@@H]1c1cnn(C)c1. The number of hydrogen-bond donors (Lipinski definition) is 2. The minimum Gasteiger partial charge on any atom is -0.355 e. The topological polar surface area (TPSA) is 59.0 Å². The van der Waals surface area contributed by atoms with Crippen molar-refractivity contribution in [3.63, 3.8) is 0 Å². The average Bonchev–Trinajstić information content (AvgIpc) is 3.17. The van der Waals surface area contributed by atoms with Crippen LogP contribution >= 0.6 is 0 Å². The molecule has 2 atom stereocenters. The van der Waals surface area contributed by atoms with Crippen LogP contribution in [0.3, 0.4) is 0 Å². The first-order chi connectivity index (χ1) is 11.5. The first-order valence-electron chi connectivity index (χ1n) is 8.26. The van der Waals surface area contributed by atoms with Gasteiger partial charge in [0.05, 0.1) is 12.1 Å². The Labute approximate surface area is 141 Å². The maximum atomic E-state index is 13.1. The number of aromatic nitrogens is 2. The number of amides is 1. The number of nitrogens with zero attached hydrogens (tertiary/aromatic N) is 2. The minimum atomic E-state index is -0.225. The number of halogens is 1. The Hall–Kier alpha value is -2.21. The van der Waals surface area contributed by atoms with E-state index in [1.807, 2.05) is 26.4 Å². The molecule has 2 aromatic rings. The smallest absolute Gasteiger partial charge is 0.225 e. The summed E-state index contributed by atoms with van der Waals surface area (Å²) in [5.41, 5.74) is 3.07. The molecule has 1 aliphatic heterocycles. The number of nitrogens with one attached hydrogen (secondary N) is 2. The summed E-state index contributed by atoms with van der Waals surface area (Å²) < 4.78 is 14.9. The average molecular weight is 330 g/mol. The molecule has 0 radical (unpaired) electrons. The Kier molecular flexibility index (Phi) is 4.94. The first kappa shape index (κ1) is 16.6. The largest absolute Gasteiger partial charge is 0.355 e. The number of carbonyl (C=O) groups is 1. The summed E-state index contributed by atoms with van der Waals surface area (Å²) in [6.07, 6.45) is 4.51. The molecule has 1 aromatic carbocycles. The molecule has 1 amide bonds. The van der Waals surface area contributed by atoms with E-state index in [4.69, 9.17) is 0 Å². The molecule has 2 N–H and O–H groups in total. The summed E-state index contributed by atoms with van der Waals surface area (Å²) in [7, 11) is 1.88. The third kappa shape index (κ3) is 3.64. The van der Waals surface area contributed by atoms with Gasteiger partial charge < -0.3 is 10.6 Å². The molecule has 0 aliphatic carbocycles. The maximum Gasteiger partial charge on any atom is 0.225 e. The van der Waals surface area contributed by atoms with Gasteiger partial charge in [-0.1, -0.05) is 6.07 Å². The Morgan fingerprint density at radius 2 is 2.29 bits per heavy atom. The molecule has 24 heavy (non-hydrogen) atoms. The Morgan fingerprint density at radius 1 is 1.46 bits per heavy atom. The molecular formula is C18H23FN4O. The second-order valence-corrected chi connectivity index (χ2v) is 6.43. The third-order valence-corrected chi connectivity index (χ3v) is 4.70. The molecular weight excluding hydrogens is 307 g/mol. The lowest BCUT2D eigenvalue weighted by Gasteiger charge is -2.17. The highest BCUT2D eigenvalue weighted by molar-refractivity contribution is 5.80. The number of hydrogen-bond acceptors (Lipinski definition) is 3. The molecule has 0 spiro atoms. The predicted octanol–water partition coefficient (Wildman–Crippen LogP) is 1.53. The first-order valence-corrected chi connectivity index (χ1v) is 8.26. The van der Waals surface area contributed by atoms with E-state index >= 15 is 0 Å². The third-order valence-electron chi connectivity index (χ3n) is 4.70. The standard InChI is InChI=1S/C18H23FN4O/c1-12-7-15(19)4-3-13(12)5-6-21-18(24)17-10-20-9-16(17)14-8-22-23(2)11-14/h3-4,7-8,11,16-17,20H,5-6,9-10H2,1-2H3,(H,21,24)/t16-,17+/m1/s1. The molecule has 1 aromatic heterocycles. The van der Waals surface area contributed by atoms with Gasteiger partial charge in [0, 0.05) is 38.8 Å². The second kappa shape index (κ2) is 7.13. The van der Waals surface area contributed by atoms with Gasteiger partial charge in [-0.3, -0.25) is 9.48 Å². The van der Waals surface area contributed by atoms with E-state index in [1.165, 1.54) is 12.1 Å². The van der Waals surface area contributed by atoms with Crippen molar-refractivity contribution in [1.82, 2.24) is 20.4 Å². The van der Waals surface area contributed by atoms with Crippen LogP contribution in [0, 0.1) is 18.7 Å². The molecule has 0 unspecified atom stereocenters. The van der Waals surface area contributed by atoms with Crippen LogP contribution in [0.1, 0.15) is 22.6 Å². The Balaban J connectivity index is 1.56. The van der Waals surface area contributed by atoms with Gasteiger partial charge in [-0.05, 0) is 42.2 Å². The van der Waals surface area contributed by atoms with Crippen LogP contribution in [-0.2, 0) is 18.3 Å². The normalized spacial score (nSPS) is 20.3. The number of benzene rings is 1. The molecule has 5 nitrogen and oxygen atoms in total. The van der Waals surface area contributed by atoms with Gasteiger partial charge >= 0.3 is 0 Å². The summed E-state index contributed by atoms with van der Waals surface area (Å²) in [6.45, 7) is 3.92. The summed E-state index contributed by atoms with van der Waals surface area (Å²) in [5.74, 6) is -0.0833. The summed E-state index contributed by atoms with van der Waals surface area (Å²) >= 11 is 0. The summed E-state index contributed by atoms with van der Waals surface area (Å²) in [4.78, 5) is 12.5. The molecule has 0 saturated carbocycles. The van der Waals surface area contributed by atoms with Crippen molar-refractivity contribution < 1.29 is 9.18 Å². The monoisotopic (exact) mass is 330 g/mol. The van der Waals surface area contributed by atoms with Crippen molar-refractivity contribution >= 4 is 5.91 Å². The molecule has 3 rings (SSSR count). The molecule has 2 heterocycles. The molecule has 0 bridgehead atoms. The van der Waals surface area contributed by atoms with Crippen LogP contribution in [0.2, 0.25) is 0 Å². The van der Waals surface area contributed by atoms with Crippen LogP contribution in [0.25, 0.3) is 0 Å². The fourth-order valence-electron chi connectivity index (χ4n) is 3.33. The van der Waals surface area contributed by atoms with Crippen LogP contribution in [0.5, 0.6) is 0 Å². The fourth-order valence-corrected chi connectivity index (χ4v) is 3.33. The second-order valence-electron chi connectivity index (χ2n) is 6.43. The van der Waals surface area contributed by atoms with E-state index in [1.54, 1.807) is 10.7 Å². The van der Waals surface area contributed by atoms with Crippen molar-refractivity contribution in [2.75, 3.05) is 19.6 Å². The zero-order chi connectivity index (χ0) is 17.1. The quantitative estimate of drug-likeness (QED) is 0.874. The lowest BCUT2D eigenvalue weighted by Crippen LogP contribution is -2.35. The number of aryl methyl sites for hydroxylation is 2. The molecule has 6 heteroatoms. The van der Waals surface area contributed by atoms with E-state index in [0.717, 1.165) is 23.2 Å². The Morgan fingerprint density at radius 3 is 3.00 bits per heavy atom. The van der Waals surface area contributed by atoms with Gasteiger partial charge in [-0.15, -0.1) is 0 Å². The lowest BCUT2D eigenvalue weighted by molar-refractivity contribution is -0.124. The van der Waals surface area contributed by atoms with Crippen molar-refractivity contribution in [3.05, 3.63) is 53.1 Å². The predicted molar refractivity (Wildman–Crippen MR) is 90.2 cm³/mol. The van der Waals surface area contributed by atoms with Gasteiger partial charge in [0.15, 0.2) is 0 Å². The number of rotatable bonds is 5. The van der Waals surface area contributed by atoms with Gasteiger partial charge in [0.2, 0.25) is 5.91 Å². The van der Waals surface area contributed by atoms with Gasteiger partial charge in [-0.25, -0.2) is 4.39 Å². The van der Waals surface area contributed by atoms with Gasteiger partial charge in [-0.2, -0.15) is 5.10 Å². The lowest BCUT2D eigenvalue weighted by atomic mass is 9.90. The summed E-state index contributed by atoms with van der Waals surface area (Å²) in [6, 6.07) is 4.77. The zero-order valence-electron chi connectivity index (χ0n) is 14.1. The highest BCUT2D eigenvalue weighted by Gasteiger charge is 2.34. The highest BCUT2D eigenvalue weighted by atomic mass is 19.1. The van der Waals surface area contributed by atoms with Crippen molar-refractivity contribution in [1.29, 1.82) is 0 Å². The zero-order valence-corrected chi connectivity index (χ0v) is 14.1. The van der Waals surface area contributed by atoms with Crippen LogP contribution < -0.4 is 10.6 Å².